The first-order valence-corrected chi connectivity index (χ1v) is 9.27. The zero-order valence-electron chi connectivity index (χ0n) is 15.2. The number of pyridine rings is 1. The van der Waals surface area contributed by atoms with Crippen LogP contribution in [0.2, 0.25) is 0 Å². The Morgan fingerprint density at radius 1 is 1.04 bits per heavy atom. The van der Waals surface area contributed by atoms with E-state index in [-0.39, 0.29) is 0 Å². The van der Waals surface area contributed by atoms with Crippen molar-refractivity contribution in [2.75, 3.05) is 6.54 Å². The minimum atomic E-state index is 0.499. The topological polar surface area (TPSA) is 49.3 Å². The third-order valence-corrected chi connectivity index (χ3v) is 4.46. The maximum Gasteiger partial charge on any atom is 0.186 e. The SMILES string of the molecule is Cc1c(-c2ccccc2)ccnc1/C=N/NC(=S)NCCc1ccccc1. The molecular weight excluding hydrogens is 352 g/mol. The Morgan fingerprint density at radius 3 is 2.48 bits per heavy atom. The van der Waals surface area contributed by atoms with Gasteiger partial charge >= 0.3 is 0 Å². The summed E-state index contributed by atoms with van der Waals surface area (Å²) in [6.07, 6.45) is 4.41. The van der Waals surface area contributed by atoms with Crippen LogP contribution in [0.15, 0.2) is 78.0 Å². The highest BCUT2D eigenvalue weighted by Gasteiger charge is 2.05. The largest absolute Gasteiger partial charge is 0.361 e. The van der Waals surface area contributed by atoms with Gasteiger partial charge in [0.25, 0.3) is 0 Å². The van der Waals surface area contributed by atoms with Gasteiger partial charge in [0.05, 0.1) is 11.9 Å². The molecule has 0 aliphatic heterocycles. The predicted octanol–water partition coefficient (Wildman–Crippen LogP) is 4.10. The zero-order valence-corrected chi connectivity index (χ0v) is 16.0. The zero-order chi connectivity index (χ0) is 18.9. The second-order valence-corrected chi connectivity index (χ2v) is 6.50. The third kappa shape index (κ3) is 5.46. The average Bonchev–Trinajstić information content (AvgIpc) is 2.71. The van der Waals surface area contributed by atoms with Gasteiger partial charge in [-0.3, -0.25) is 10.4 Å². The van der Waals surface area contributed by atoms with Gasteiger partial charge in [0.1, 0.15) is 0 Å². The maximum atomic E-state index is 5.26. The van der Waals surface area contributed by atoms with Crippen LogP contribution in [0.1, 0.15) is 16.8 Å². The molecule has 0 bridgehead atoms. The van der Waals surface area contributed by atoms with Gasteiger partial charge < -0.3 is 5.32 Å². The van der Waals surface area contributed by atoms with Crippen LogP contribution in [-0.2, 0) is 6.42 Å². The maximum absolute atomic E-state index is 5.26. The first kappa shape index (κ1) is 18.7. The van der Waals surface area contributed by atoms with Crippen LogP contribution >= 0.6 is 12.2 Å². The highest BCUT2D eigenvalue weighted by atomic mass is 32.1. The highest BCUT2D eigenvalue weighted by molar-refractivity contribution is 7.80. The molecule has 3 aromatic rings. The van der Waals surface area contributed by atoms with E-state index >= 15 is 0 Å². The lowest BCUT2D eigenvalue weighted by Crippen LogP contribution is -2.33. The van der Waals surface area contributed by atoms with E-state index in [2.05, 4.69) is 45.1 Å². The fourth-order valence-electron chi connectivity index (χ4n) is 2.77. The molecule has 0 spiro atoms. The van der Waals surface area contributed by atoms with Gasteiger partial charge in [-0.05, 0) is 53.9 Å². The number of benzene rings is 2. The molecule has 0 saturated carbocycles. The Hall–Kier alpha value is -3.05. The highest BCUT2D eigenvalue weighted by Crippen LogP contribution is 2.23. The third-order valence-electron chi connectivity index (χ3n) is 4.22. The standard InChI is InChI=1S/C22H22N4S/c1-17-20(19-10-6-3-7-11-19)13-15-23-21(17)16-25-26-22(27)24-14-12-18-8-4-2-5-9-18/h2-11,13,15-16H,12,14H2,1H3,(H2,24,26,27)/b25-16+. The van der Waals surface area contributed by atoms with Gasteiger partial charge in [0.2, 0.25) is 0 Å². The minimum absolute atomic E-state index is 0.499. The van der Waals surface area contributed by atoms with Crippen molar-refractivity contribution in [2.24, 2.45) is 5.10 Å². The van der Waals surface area contributed by atoms with E-state index < -0.39 is 0 Å². The second-order valence-electron chi connectivity index (χ2n) is 6.10. The molecule has 2 N–H and O–H groups in total. The summed E-state index contributed by atoms with van der Waals surface area (Å²) < 4.78 is 0. The molecule has 3 rings (SSSR count). The molecule has 1 aromatic heterocycles. The summed E-state index contributed by atoms with van der Waals surface area (Å²) in [7, 11) is 0. The van der Waals surface area contributed by atoms with Crippen molar-refractivity contribution >= 4 is 23.5 Å². The summed E-state index contributed by atoms with van der Waals surface area (Å²) in [5, 5.41) is 7.88. The number of hydrazone groups is 1. The van der Waals surface area contributed by atoms with Crippen LogP contribution in [0, 0.1) is 6.92 Å². The number of rotatable bonds is 6. The van der Waals surface area contributed by atoms with Crippen molar-refractivity contribution in [3.63, 3.8) is 0 Å². The summed E-state index contributed by atoms with van der Waals surface area (Å²) >= 11 is 5.26. The van der Waals surface area contributed by atoms with E-state index in [9.17, 15) is 0 Å². The van der Waals surface area contributed by atoms with Gasteiger partial charge in [-0.1, -0.05) is 60.7 Å². The molecule has 2 aromatic carbocycles. The number of aromatic nitrogens is 1. The van der Waals surface area contributed by atoms with Crippen molar-refractivity contribution in [2.45, 2.75) is 13.3 Å². The van der Waals surface area contributed by atoms with Gasteiger partial charge in [0, 0.05) is 12.7 Å². The van der Waals surface area contributed by atoms with Crippen molar-refractivity contribution in [3.05, 3.63) is 89.7 Å². The normalized spacial score (nSPS) is 10.7. The van der Waals surface area contributed by atoms with E-state index in [1.165, 1.54) is 5.56 Å². The molecule has 0 radical (unpaired) electrons. The first-order valence-electron chi connectivity index (χ1n) is 8.86. The molecule has 1 heterocycles. The number of nitrogens with zero attached hydrogens (tertiary/aromatic N) is 2. The summed E-state index contributed by atoms with van der Waals surface area (Å²) in [4.78, 5) is 4.41. The van der Waals surface area contributed by atoms with Crippen molar-refractivity contribution in [1.82, 2.24) is 15.7 Å². The average molecular weight is 375 g/mol. The molecule has 0 unspecified atom stereocenters. The molecule has 0 atom stereocenters. The van der Waals surface area contributed by atoms with Crippen LogP contribution in [-0.4, -0.2) is 22.9 Å². The summed E-state index contributed by atoms with van der Waals surface area (Å²) in [5.41, 5.74) is 8.34. The second kappa shape index (κ2) is 9.59. The molecule has 27 heavy (non-hydrogen) atoms. The lowest BCUT2D eigenvalue weighted by atomic mass is 10.0. The lowest BCUT2D eigenvalue weighted by Gasteiger charge is -2.09. The molecule has 136 valence electrons. The minimum Gasteiger partial charge on any atom is -0.361 e. The monoisotopic (exact) mass is 374 g/mol. The van der Waals surface area contributed by atoms with Crippen LogP contribution in [0.4, 0.5) is 0 Å². The van der Waals surface area contributed by atoms with E-state index in [0.29, 0.717) is 5.11 Å². The fraction of sp³-hybridized carbons (Fsp3) is 0.136. The molecule has 0 aliphatic carbocycles. The molecule has 5 heteroatoms. The lowest BCUT2D eigenvalue weighted by molar-refractivity contribution is 0.837. The van der Waals surface area contributed by atoms with Gasteiger partial charge in [-0.15, -0.1) is 0 Å². The summed E-state index contributed by atoms with van der Waals surface area (Å²) in [6.45, 7) is 2.80. The van der Waals surface area contributed by atoms with Gasteiger partial charge in [-0.2, -0.15) is 5.10 Å². The Labute approximate surface area is 165 Å². The molecule has 0 fully saturated rings. The number of hydrogen-bond donors (Lipinski definition) is 2. The number of hydrogen-bond acceptors (Lipinski definition) is 3. The van der Waals surface area contributed by atoms with Crippen molar-refractivity contribution in [3.8, 4) is 11.1 Å². The summed E-state index contributed by atoms with van der Waals surface area (Å²) in [5.74, 6) is 0. The van der Waals surface area contributed by atoms with Crippen LogP contribution in [0.3, 0.4) is 0 Å². The van der Waals surface area contributed by atoms with E-state index in [4.69, 9.17) is 12.2 Å². The smallest absolute Gasteiger partial charge is 0.186 e. The molecule has 0 saturated heterocycles. The summed E-state index contributed by atoms with van der Waals surface area (Å²) in [6, 6.07) is 22.6. The Kier molecular flexibility index (Phi) is 6.66. The van der Waals surface area contributed by atoms with Crippen LogP contribution in [0.25, 0.3) is 11.1 Å². The van der Waals surface area contributed by atoms with E-state index in [0.717, 1.165) is 35.3 Å². The molecule has 4 nitrogen and oxygen atoms in total. The molecule has 0 aliphatic rings. The number of nitrogens with one attached hydrogen (secondary N) is 2. The van der Waals surface area contributed by atoms with Crippen LogP contribution in [0.5, 0.6) is 0 Å². The molecular formula is C22H22N4S. The Bertz CT molecular complexity index is 908. The quantitative estimate of drug-likeness (QED) is 0.387. The number of thiocarbonyl (C=S) groups is 1. The van der Waals surface area contributed by atoms with E-state index in [1.807, 2.05) is 49.4 Å². The first-order chi connectivity index (χ1) is 13.2. The van der Waals surface area contributed by atoms with Crippen molar-refractivity contribution in [1.29, 1.82) is 0 Å². The van der Waals surface area contributed by atoms with Crippen molar-refractivity contribution < 1.29 is 0 Å². The van der Waals surface area contributed by atoms with E-state index in [1.54, 1.807) is 12.4 Å². The fourth-order valence-corrected chi connectivity index (χ4v) is 2.92. The Balaban J connectivity index is 1.54. The van der Waals surface area contributed by atoms with Gasteiger partial charge in [0.15, 0.2) is 5.11 Å². The molecule has 0 amide bonds. The predicted molar refractivity (Wildman–Crippen MR) is 116 cm³/mol. The Morgan fingerprint density at radius 2 is 1.74 bits per heavy atom. The van der Waals surface area contributed by atoms with Gasteiger partial charge in [-0.25, -0.2) is 0 Å². The van der Waals surface area contributed by atoms with Crippen LogP contribution < -0.4 is 10.7 Å².